The third-order valence-corrected chi connectivity index (χ3v) is 3.47. The molecule has 0 aliphatic heterocycles. The maximum absolute atomic E-state index is 12.9. The lowest BCUT2D eigenvalue weighted by molar-refractivity contribution is 0.0735. The third-order valence-electron chi connectivity index (χ3n) is 3.47. The van der Waals surface area contributed by atoms with Crippen LogP contribution in [0, 0.1) is 5.82 Å². The first-order chi connectivity index (χ1) is 11.1. The molecule has 2 aromatic carbocycles. The topological polar surface area (TPSA) is 56.5 Å². The lowest BCUT2D eigenvalue weighted by Gasteiger charge is -2.07. The molecule has 5 heteroatoms. The van der Waals surface area contributed by atoms with E-state index < -0.39 is 17.4 Å². The van der Waals surface area contributed by atoms with E-state index >= 15 is 0 Å². The Labute approximate surface area is 131 Å². The fraction of sp³-hybridized carbons (Fsp3) is 0.111. The van der Waals surface area contributed by atoms with Gasteiger partial charge in [-0.25, -0.2) is 14.0 Å². The number of esters is 1. The van der Waals surface area contributed by atoms with Crippen LogP contribution < -0.4 is 10.4 Å². The SMILES string of the molecule is CCc1cc(=O)oc2cc(OC(=O)c3ccc(F)cc3)ccc12. The van der Waals surface area contributed by atoms with Crippen molar-refractivity contribution < 1.29 is 18.3 Å². The first kappa shape index (κ1) is 15.0. The van der Waals surface area contributed by atoms with Gasteiger partial charge in [-0.1, -0.05) is 6.92 Å². The minimum Gasteiger partial charge on any atom is -0.423 e. The fourth-order valence-corrected chi connectivity index (χ4v) is 2.32. The maximum Gasteiger partial charge on any atom is 0.343 e. The summed E-state index contributed by atoms with van der Waals surface area (Å²) in [6.45, 7) is 1.94. The molecule has 0 fully saturated rings. The van der Waals surface area contributed by atoms with E-state index in [0.29, 0.717) is 12.0 Å². The standard InChI is InChI=1S/C18H13FO4/c1-2-11-9-17(20)23-16-10-14(7-8-15(11)16)22-18(21)12-3-5-13(19)6-4-12/h3-10H,2H2,1H3. The highest BCUT2D eigenvalue weighted by Gasteiger charge is 2.11. The summed E-state index contributed by atoms with van der Waals surface area (Å²) < 4.78 is 23.3. The zero-order chi connectivity index (χ0) is 16.4. The summed E-state index contributed by atoms with van der Waals surface area (Å²) in [6.07, 6.45) is 0.691. The number of hydrogen-bond acceptors (Lipinski definition) is 4. The van der Waals surface area contributed by atoms with Gasteiger partial charge < -0.3 is 9.15 Å². The number of ether oxygens (including phenoxy) is 1. The Hall–Kier alpha value is -2.95. The largest absolute Gasteiger partial charge is 0.423 e. The molecule has 0 atom stereocenters. The molecule has 1 heterocycles. The molecule has 3 rings (SSSR count). The molecule has 0 amide bonds. The van der Waals surface area contributed by atoms with Gasteiger partial charge in [0.25, 0.3) is 0 Å². The monoisotopic (exact) mass is 312 g/mol. The Balaban J connectivity index is 1.93. The van der Waals surface area contributed by atoms with E-state index in [1.165, 1.54) is 36.4 Å². The molecule has 0 unspecified atom stereocenters. The molecular formula is C18H13FO4. The van der Waals surface area contributed by atoms with Crippen molar-refractivity contribution in [2.45, 2.75) is 13.3 Å². The van der Waals surface area contributed by atoms with Crippen LogP contribution in [0.15, 0.2) is 57.7 Å². The van der Waals surface area contributed by atoms with E-state index in [-0.39, 0.29) is 11.3 Å². The number of fused-ring (bicyclic) bond motifs is 1. The average molecular weight is 312 g/mol. The van der Waals surface area contributed by atoms with Gasteiger partial charge in [-0.2, -0.15) is 0 Å². The van der Waals surface area contributed by atoms with E-state index in [9.17, 15) is 14.0 Å². The Morgan fingerprint density at radius 2 is 1.87 bits per heavy atom. The van der Waals surface area contributed by atoms with Crippen LogP contribution in [-0.2, 0) is 6.42 Å². The Morgan fingerprint density at radius 1 is 1.13 bits per heavy atom. The van der Waals surface area contributed by atoms with Crippen molar-refractivity contribution >= 4 is 16.9 Å². The van der Waals surface area contributed by atoms with Crippen molar-refractivity contribution in [1.82, 2.24) is 0 Å². The van der Waals surface area contributed by atoms with Gasteiger partial charge in [0.05, 0.1) is 5.56 Å². The molecule has 3 aromatic rings. The number of carbonyl (C=O) groups excluding carboxylic acids is 1. The zero-order valence-corrected chi connectivity index (χ0v) is 12.3. The van der Waals surface area contributed by atoms with Crippen molar-refractivity contribution in [3.8, 4) is 5.75 Å². The molecule has 0 saturated heterocycles. The van der Waals surface area contributed by atoms with E-state index in [4.69, 9.17) is 9.15 Å². The van der Waals surface area contributed by atoms with Crippen LogP contribution in [0.2, 0.25) is 0 Å². The van der Waals surface area contributed by atoms with E-state index in [1.807, 2.05) is 6.92 Å². The van der Waals surface area contributed by atoms with Crippen LogP contribution in [0.3, 0.4) is 0 Å². The van der Waals surface area contributed by atoms with Crippen molar-refractivity contribution in [2.75, 3.05) is 0 Å². The third kappa shape index (κ3) is 3.13. The van der Waals surface area contributed by atoms with E-state index in [1.54, 1.807) is 12.1 Å². The van der Waals surface area contributed by atoms with Crippen LogP contribution >= 0.6 is 0 Å². The lowest BCUT2D eigenvalue weighted by atomic mass is 10.1. The second-order valence-electron chi connectivity index (χ2n) is 5.00. The number of hydrogen-bond donors (Lipinski definition) is 0. The number of carbonyl (C=O) groups is 1. The summed E-state index contributed by atoms with van der Waals surface area (Å²) in [7, 11) is 0. The normalized spacial score (nSPS) is 10.7. The molecule has 116 valence electrons. The van der Waals surface area contributed by atoms with E-state index in [2.05, 4.69) is 0 Å². The predicted molar refractivity (Wildman–Crippen MR) is 83.2 cm³/mol. The quantitative estimate of drug-likeness (QED) is 0.420. The van der Waals surface area contributed by atoms with Gasteiger partial charge in [-0.05, 0) is 48.4 Å². The fourth-order valence-electron chi connectivity index (χ4n) is 2.32. The molecule has 4 nitrogen and oxygen atoms in total. The van der Waals surface area contributed by atoms with Crippen LogP contribution in [0.25, 0.3) is 11.0 Å². The van der Waals surface area contributed by atoms with Crippen LogP contribution in [0.4, 0.5) is 4.39 Å². The molecule has 0 aliphatic carbocycles. The van der Waals surface area contributed by atoms with Gasteiger partial charge >= 0.3 is 11.6 Å². The van der Waals surface area contributed by atoms with Crippen molar-refractivity contribution in [1.29, 1.82) is 0 Å². The summed E-state index contributed by atoms with van der Waals surface area (Å²) >= 11 is 0. The highest BCUT2D eigenvalue weighted by Crippen LogP contribution is 2.23. The van der Waals surface area contributed by atoms with Gasteiger partial charge in [0.2, 0.25) is 0 Å². The van der Waals surface area contributed by atoms with Gasteiger partial charge in [-0.15, -0.1) is 0 Å². The second kappa shape index (κ2) is 6.04. The molecule has 0 N–H and O–H groups in total. The molecule has 0 bridgehead atoms. The van der Waals surface area contributed by atoms with Gasteiger partial charge in [-0.3, -0.25) is 0 Å². The van der Waals surface area contributed by atoms with Gasteiger partial charge in [0.15, 0.2) is 0 Å². The summed E-state index contributed by atoms with van der Waals surface area (Å²) in [6, 6.07) is 11.4. The molecule has 0 radical (unpaired) electrons. The molecule has 0 aliphatic rings. The minimum atomic E-state index is -0.613. The van der Waals surface area contributed by atoms with Crippen molar-refractivity contribution in [3.05, 3.63) is 75.9 Å². The van der Waals surface area contributed by atoms with Gasteiger partial charge in [0, 0.05) is 17.5 Å². The summed E-state index contributed by atoms with van der Waals surface area (Å²) in [5.41, 5.74) is 1.01. The smallest absolute Gasteiger partial charge is 0.343 e. The molecular weight excluding hydrogens is 299 g/mol. The molecule has 0 spiro atoms. The van der Waals surface area contributed by atoms with Crippen LogP contribution in [-0.4, -0.2) is 5.97 Å². The van der Waals surface area contributed by atoms with Gasteiger partial charge in [0.1, 0.15) is 17.1 Å². The summed E-state index contributed by atoms with van der Waals surface area (Å²) in [5.74, 6) is -0.789. The molecule has 0 saturated carbocycles. The highest BCUT2D eigenvalue weighted by molar-refractivity contribution is 5.91. The summed E-state index contributed by atoms with van der Waals surface area (Å²) in [4.78, 5) is 23.6. The zero-order valence-electron chi connectivity index (χ0n) is 12.3. The predicted octanol–water partition coefficient (Wildman–Crippen LogP) is 3.71. The van der Waals surface area contributed by atoms with Crippen LogP contribution in [0.1, 0.15) is 22.8 Å². The summed E-state index contributed by atoms with van der Waals surface area (Å²) in [5, 5.41) is 0.800. The Morgan fingerprint density at radius 3 is 2.57 bits per heavy atom. The average Bonchev–Trinajstić information content (AvgIpc) is 2.54. The number of halogens is 1. The Bertz CT molecular complexity index is 926. The molecule has 23 heavy (non-hydrogen) atoms. The Kier molecular flexibility index (Phi) is 3.93. The number of rotatable bonds is 3. The highest BCUT2D eigenvalue weighted by atomic mass is 19.1. The number of benzene rings is 2. The first-order valence-electron chi connectivity index (χ1n) is 7.11. The maximum atomic E-state index is 12.9. The van der Waals surface area contributed by atoms with Crippen molar-refractivity contribution in [3.63, 3.8) is 0 Å². The molecule has 1 aromatic heterocycles. The second-order valence-corrected chi connectivity index (χ2v) is 5.00. The first-order valence-corrected chi connectivity index (χ1v) is 7.11. The van der Waals surface area contributed by atoms with Crippen LogP contribution in [0.5, 0.6) is 5.75 Å². The minimum absolute atomic E-state index is 0.232. The van der Waals surface area contributed by atoms with Crippen molar-refractivity contribution in [2.24, 2.45) is 0 Å². The number of aryl methyl sites for hydroxylation is 1. The lowest BCUT2D eigenvalue weighted by Crippen LogP contribution is -2.08. The van der Waals surface area contributed by atoms with E-state index in [0.717, 1.165) is 10.9 Å².